The zero-order chi connectivity index (χ0) is 15.4. The summed E-state index contributed by atoms with van der Waals surface area (Å²) in [6, 6.07) is 0.219. The molecule has 0 radical (unpaired) electrons. The molecule has 118 valence electrons. The number of carbonyl (C=O) groups excluding carboxylic acids is 1. The van der Waals surface area contributed by atoms with E-state index in [2.05, 4.69) is 29.4 Å². The topological polar surface area (TPSA) is 50.2 Å². The van der Waals surface area contributed by atoms with Gasteiger partial charge in [0.15, 0.2) is 5.69 Å². The van der Waals surface area contributed by atoms with Gasteiger partial charge in [-0.05, 0) is 39.8 Å². The number of hydrogen-bond donors (Lipinski definition) is 1. The summed E-state index contributed by atoms with van der Waals surface area (Å²) >= 11 is 6.10. The minimum atomic E-state index is -0.150. The van der Waals surface area contributed by atoms with Crippen LogP contribution in [0.1, 0.15) is 43.1 Å². The number of aromatic nitrogens is 2. The van der Waals surface area contributed by atoms with Crippen LogP contribution >= 0.6 is 11.6 Å². The summed E-state index contributed by atoms with van der Waals surface area (Å²) in [6.45, 7) is 3.68. The van der Waals surface area contributed by atoms with E-state index in [4.69, 9.17) is 11.6 Å². The lowest BCUT2D eigenvalue weighted by Crippen LogP contribution is -2.45. The first-order chi connectivity index (χ1) is 10.0. The summed E-state index contributed by atoms with van der Waals surface area (Å²) in [5.41, 5.74) is 0.340. The minimum absolute atomic E-state index is 0.150. The molecule has 1 amide bonds. The summed E-state index contributed by atoms with van der Waals surface area (Å²) in [5.74, 6) is 0.354. The molecule has 1 heterocycles. The van der Waals surface area contributed by atoms with Crippen LogP contribution in [0, 0.1) is 5.92 Å². The van der Waals surface area contributed by atoms with Gasteiger partial charge in [-0.2, -0.15) is 5.10 Å². The summed E-state index contributed by atoms with van der Waals surface area (Å²) in [5, 5.41) is 7.81. The van der Waals surface area contributed by atoms with Gasteiger partial charge in [0.05, 0.1) is 5.02 Å². The number of nitrogens with one attached hydrogen (secondary N) is 1. The third-order valence-electron chi connectivity index (χ3n) is 4.08. The Labute approximate surface area is 131 Å². The fourth-order valence-corrected chi connectivity index (χ4v) is 3.27. The summed E-state index contributed by atoms with van der Waals surface area (Å²) in [6.07, 6.45) is 6.33. The van der Waals surface area contributed by atoms with Crippen molar-refractivity contribution in [3.05, 3.63) is 16.9 Å². The standard InChI is InChI=1S/C15H25ClN4O/c1-4-20-10-12(16)14(18-20)15(21)17-13-8-6-5-7-11(13)9-19(2)3/h10-11,13H,4-9H2,1-3H3,(H,17,21). The van der Waals surface area contributed by atoms with Crippen LogP contribution in [0.2, 0.25) is 5.02 Å². The molecule has 0 aromatic carbocycles. The molecule has 2 unspecified atom stereocenters. The predicted molar refractivity (Wildman–Crippen MR) is 84.7 cm³/mol. The lowest BCUT2D eigenvalue weighted by molar-refractivity contribution is 0.0889. The van der Waals surface area contributed by atoms with Crippen molar-refractivity contribution in [3.8, 4) is 0 Å². The van der Waals surface area contributed by atoms with Crippen molar-refractivity contribution in [1.82, 2.24) is 20.0 Å². The molecule has 1 aliphatic carbocycles. The van der Waals surface area contributed by atoms with Crippen molar-refractivity contribution < 1.29 is 4.79 Å². The first-order valence-corrected chi connectivity index (χ1v) is 8.07. The first-order valence-electron chi connectivity index (χ1n) is 7.69. The Kier molecular flexibility index (Phi) is 5.65. The quantitative estimate of drug-likeness (QED) is 0.908. The lowest BCUT2D eigenvalue weighted by Gasteiger charge is -2.33. The Morgan fingerprint density at radius 2 is 2.19 bits per heavy atom. The van der Waals surface area contributed by atoms with Crippen LogP contribution in [0.25, 0.3) is 0 Å². The highest BCUT2D eigenvalue weighted by atomic mass is 35.5. The van der Waals surface area contributed by atoms with Gasteiger partial charge in [-0.3, -0.25) is 9.48 Å². The van der Waals surface area contributed by atoms with Crippen molar-refractivity contribution in [3.63, 3.8) is 0 Å². The maximum atomic E-state index is 12.4. The zero-order valence-electron chi connectivity index (χ0n) is 13.1. The molecule has 5 nitrogen and oxygen atoms in total. The normalized spacial score (nSPS) is 22.5. The van der Waals surface area contributed by atoms with Gasteiger partial charge in [-0.1, -0.05) is 24.4 Å². The van der Waals surface area contributed by atoms with Crippen molar-refractivity contribution in [2.75, 3.05) is 20.6 Å². The lowest BCUT2D eigenvalue weighted by atomic mass is 9.84. The smallest absolute Gasteiger partial charge is 0.273 e. The minimum Gasteiger partial charge on any atom is -0.348 e. The van der Waals surface area contributed by atoms with Gasteiger partial charge in [0.25, 0.3) is 5.91 Å². The number of hydrogen-bond acceptors (Lipinski definition) is 3. The van der Waals surface area contributed by atoms with Crippen molar-refractivity contribution in [1.29, 1.82) is 0 Å². The Balaban J connectivity index is 2.04. The molecule has 1 aromatic rings. The fourth-order valence-electron chi connectivity index (χ4n) is 3.03. The maximum absolute atomic E-state index is 12.4. The van der Waals surface area contributed by atoms with Gasteiger partial charge in [-0.25, -0.2) is 0 Å². The van der Waals surface area contributed by atoms with E-state index in [-0.39, 0.29) is 11.9 Å². The summed E-state index contributed by atoms with van der Waals surface area (Å²) < 4.78 is 1.69. The Bertz CT molecular complexity index is 486. The summed E-state index contributed by atoms with van der Waals surface area (Å²) in [7, 11) is 4.15. The Hall–Kier alpha value is -1.07. The van der Waals surface area contributed by atoms with E-state index >= 15 is 0 Å². The highest BCUT2D eigenvalue weighted by Crippen LogP contribution is 2.25. The third-order valence-corrected chi connectivity index (χ3v) is 4.36. The van der Waals surface area contributed by atoms with Crippen molar-refractivity contribution in [2.45, 2.75) is 45.2 Å². The van der Waals surface area contributed by atoms with E-state index in [0.717, 1.165) is 13.0 Å². The van der Waals surface area contributed by atoms with Crippen LogP contribution in [0.4, 0.5) is 0 Å². The molecular weight excluding hydrogens is 288 g/mol. The van der Waals surface area contributed by atoms with E-state index in [9.17, 15) is 4.79 Å². The SMILES string of the molecule is CCn1cc(Cl)c(C(=O)NC2CCCCC2CN(C)C)n1. The summed E-state index contributed by atoms with van der Waals surface area (Å²) in [4.78, 5) is 14.6. The molecule has 0 spiro atoms. The number of aryl methyl sites for hydroxylation is 1. The molecule has 6 heteroatoms. The van der Waals surface area contributed by atoms with E-state index in [1.54, 1.807) is 10.9 Å². The molecular formula is C15H25ClN4O. The second-order valence-electron chi connectivity index (χ2n) is 6.07. The highest BCUT2D eigenvalue weighted by molar-refractivity contribution is 6.33. The Morgan fingerprint density at radius 3 is 2.81 bits per heavy atom. The van der Waals surface area contributed by atoms with Crippen LogP contribution < -0.4 is 5.32 Å². The van der Waals surface area contributed by atoms with Crippen molar-refractivity contribution in [2.24, 2.45) is 5.92 Å². The molecule has 1 aromatic heterocycles. The molecule has 1 saturated carbocycles. The van der Waals surface area contributed by atoms with Crippen LogP contribution in [-0.2, 0) is 6.54 Å². The van der Waals surface area contributed by atoms with Gasteiger partial charge >= 0.3 is 0 Å². The fraction of sp³-hybridized carbons (Fsp3) is 0.733. The van der Waals surface area contributed by atoms with E-state index < -0.39 is 0 Å². The van der Waals surface area contributed by atoms with E-state index in [0.29, 0.717) is 23.2 Å². The molecule has 1 aliphatic rings. The molecule has 1 fully saturated rings. The first kappa shape index (κ1) is 16.3. The monoisotopic (exact) mass is 312 g/mol. The van der Waals surface area contributed by atoms with Crippen LogP contribution in [0.5, 0.6) is 0 Å². The highest BCUT2D eigenvalue weighted by Gasteiger charge is 2.28. The van der Waals surface area contributed by atoms with Crippen LogP contribution in [0.3, 0.4) is 0 Å². The van der Waals surface area contributed by atoms with E-state index in [1.165, 1.54) is 19.3 Å². The van der Waals surface area contributed by atoms with Gasteiger partial charge < -0.3 is 10.2 Å². The average molecular weight is 313 g/mol. The Morgan fingerprint density at radius 1 is 1.48 bits per heavy atom. The number of rotatable bonds is 5. The third kappa shape index (κ3) is 4.20. The molecule has 1 N–H and O–H groups in total. The van der Waals surface area contributed by atoms with Gasteiger partial charge in [-0.15, -0.1) is 0 Å². The average Bonchev–Trinajstić information content (AvgIpc) is 2.82. The van der Waals surface area contributed by atoms with Gasteiger partial charge in [0.2, 0.25) is 0 Å². The molecule has 2 atom stereocenters. The van der Waals surface area contributed by atoms with Crippen molar-refractivity contribution >= 4 is 17.5 Å². The van der Waals surface area contributed by atoms with Crippen LogP contribution in [-0.4, -0.2) is 47.3 Å². The molecule has 0 saturated heterocycles. The van der Waals surface area contributed by atoms with Gasteiger partial charge in [0.1, 0.15) is 0 Å². The number of carbonyl (C=O) groups is 1. The number of amides is 1. The largest absolute Gasteiger partial charge is 0.348 e. The molecule has 21 heavy (non-hydrogen) atoms. The maximum Gasteiger partial charge on any atom is 0.273 e. The molecule has 0 bridgehead atoms. The number of nitrogens with zero attached hydrogens (tertiary/aromatic N) is 3. The van der Waals surface area contributed by atoms with E-state index in [1.807, 2.05) is 6.92 Å². The molecule has 2 rings (SSSR count). The second-order valence-corrected chi connectivity index (χ2v) is 6.48. The predicted octanol–water partition coefficient (Wildman–Crippen LogP) is 2.41. The zero-order valence-corrected chi connectivity index (χ0v) is 13.9. The second kappa shape index (κ2) is 7.27. The number of halogens is 1. The molecule has 0 aliphatic heterocycles. The van der Waals surface area contributed by atoms with Gasteiger partial charge in [0, 0.05) is 25.3 Å². The van der Waals surface area contributed by atoms with Crippen LogP contribution in [0.15, 0.2) is 6.20 Å².